The van der Waals surface area contributed by atoms with Gasteiger partial charge < -0.3 is 5.32 Å². The van der Waals surface area contributed by atoms with Crippen molar-refractivity contribution < 1.29 is 4.79 Å². The third-order valence-electron chi connectivity index (χ3n) is 6.89. The van der Waals surface area contributed by atoms with Crippen LogP contribution in [0.15, 0.2) is 84.1 Å². The zero-order valence-electron chi connectivity index (χ0n) is 19.9. The molecule has 6 aromatic rings. The molecule has 1 aliphatic rings. The van der Waals surface area contributed by atoms with Crippen molar-refractivity contribution >= 4 is 65.9 Å². The summed E-state index contributed by atoms with van der Waals surface area (Å²) in [5.41, 5.74) is 6.75. The molecule has 0 fully saturated rings. The van der Waals surface area contributed by atoms with Crippen LogP contribution in [0, 0.1) is 0 Å². The lowest BCUT2D eigenvalue weighted by atomic mass is 10.0. The number of carbonyl (C=O) groups excluding carboxylic acids is 1. The smallest absolute Gasteiger partial charge is 0.234 e. The van der Waals surface area contributed by atoms with E-state index >= 15 is 0 Å². The minimum Gasteiger partial charge on any atom is -0.325 e. The minimum atomic E-state index is -0.0559. The van der Waals surface area contributed by atoms with Gasteiger partial charge in [0.05, 0.1) is 21.7 Å². The fourth-order valence-electron chi connectivity index (χ4n) is 5.27. The number of pyridine rings is 1. The summed E-state index contributed by atoms with van der Waals surface area (Å²) >= 11 is 3.08. The topological polar surface area (TPSA) is 67.8 Å². The van der Waals surface area contributed by atoms with Gasteiger partial charge in [-0.3, -0.25) is 4.79 Å². The second kappa shape index (κ2) is 9.25. The van der Waals surface area contributed by atoms with Crippen molar-refractivity contribution in [2.45, 2.75) is 24.3 Å². The average Bonchev–Trinajstić information content (AvgIpc) is 3.57. The third kappa shape index (κ3) is 3.95. The molecule has 3 aromatic heterocycles. The van der Waals surface area contributed by atoms with Crippen LogP contribution < -0.4 is 5.32 Å². The van der Waals surface area contributed by atoms with Gasteiger partial charge in [0.15, 0.2) is 0 Å². The first-order chi connectivity index (χ1) is 18.3. The number of benzene rings is 3. The number of anilines is 1. The maximum atomic E-state index is 12.9. The molecule has 0 radical (unpaired) electrons. The number of fused-ring (bicyclic) bond motifs is 6. The van der Waals surface area contributed by atoms with Crippen LogP contribution in [0.1, 0.15) is 17.5 Å². The number of aryl methyl sites for hydroxylation is 1. The highest BCUT2D eigenvalue weighted by Crippen LogP contribution is 2.43. The summed E-state index contributed by atoms with van der Waals surface area (Å²) in [5.74, 6) is 0.212. The summed E-state index contributed by atoms with van der Waals surface area (Å²) in [6, 6.07) is 24.5. The Balaban J connectivity index is 1.22. The number of aromatic nitrogens is 3. The summed E-state index contributed by atoms with van der Waals surface area (Å²) < 4.78 is 1.01. The Hall–Kier alpha value is -3.81. The van der Waals surface area contributed by atoms with E-state index < -0.39 is 0 Å². The van der Waals surface area contributed by atoms with Crippen molar-refractivity contribution in [3.8, 4) is 11.3 Å². The molecule has 5 nitrogen and oxygen atoms in total. The van der Waals surface area contributed by atoms with Gasteiger partial charge >= 0.3 is 0 Å². The molecule has 0 bridgehead atoms. The number of thiophene rings is 1. The Bertz CT molecular complexity index is 1810. The molecule has 0 saturated heterocycles. The first-order valence-corrected chi connectivity index (χ1v) is 14.1. The van der Waals surface area contributed by atoms with E-state index in [-0.39, 0.29) is 11.7 Å². The second-order valence-electron chi connectivity index (χ2n) is 9.14. The zero-order chi connectivity index (χ0) is 24.8. The molecule has 3 heterocycles. The second-order valence-corrected chi connectivity index (χ2v) is 11.1. The standard InChI is InChI=1S/C30H22N4OS2/c35-24(33-23-15-6-11-18-8-4-5-12-20(18)23)16-36-30-28-27(31-17-32-30)25-21-13-7-14-22(21)26(34-29(25)37-28)19-9-2-1-3-10-19/h1-6,8-12,15,17H,7,13-14,16H2,(H,33,35). The number of nitrogens with one attached hydrogen (secondary N) is 1. The number of amides is 1. The summed E-state index contributed by atoms with van der Waals surface area (Å²) in [4.78, 5) is 28.3. The molecule has 0 saturated carbocycles. The van der Waals surface area contributed by atoms with E-state index in [1.54, 1.807) is 17.7 Å². The number of hydrogen-bond acceptors (Lipinski definition) is 6. The molecule has 180 valence electrons. The maximum absolute atomic E-state index is 12.9. The molecule has 1 aliphatic carbocycles. The molecule has 7 heteroatoms. The van der Waals surface area contributed by atoms with Crippen molar-refractivity contribution in [3.05, 3.63) is 90.3 Å². The molecule has 1 N–H and O–H groups in total. The molecule has 1 amide bonds. The number of hydrogen-bond donors (Lipinski definition) is 1. The summed E-state index contributed by atoms with van der Waals surface area (Å²) in [7, 11) is 0. The fraction of sp³-hybridized carbons (Fsp3) is 0.133. The van der Waals surface area contributed by atoms with E-state index in [2.05, 4.69) is 39.6 Å². The van der Waals surface area contributed by atoms with Gasteiger partial charge in [0.2, 0.25) is 5.91 Å². The maximum Gasteiger partial charge on any atom is 0.234 e. The van der Waals surface area contributed by atoms with Crippen LogP contribution in [-0.4, -0.2) is 26.6 Å². The van der Waals surface area contributed by atoms with Crippen LogP contribution in [0.2, 0.25) is 0 Å². The lowest BCUT2D eigenvalue weighted by Crippen LogP contribution is -2.14. The van der Waals surface area contributed by atoms with Crippen LogP contribution in [0.4, 0.5) is 5.69 Å². The molecule has 0 atom stereocenters. The largest absolute Gasteiger partial charge is 0.325 e. The Labute approximate surface area is 222 Å². The van der Waals surface area contributed by atoms with Crippen molar-refractivity contribution in [2.75, 3.05) is 11.1 Å². The predicted octanol–water partition coefficient (Wildman–Crippen LogP) is 7.28. The SMILES string of the molecule is O=C(CSc1ncnc2c1sc1nc(-c3ccccc3)c3c(c12)CCC3)Nc1cccc2ccccc12. The van der Waals surface area contributed by atoms with Crippen LogP contribution in [0.5, 0.6) is 0 Å². The number of carbonyl (C=O) groups is 1. The monoisotopic (exact) mass is 518 g/mol. The molecule has 37 heavy (non-hydrogen) atoms. The Kier molecular flexibility index (Phi) is 5.60. The highest BCUT2D eigenvalue weighted by atomic mass is 32.2. The van der Waals surface area contributed by atoms with Gasteiger partial charge in [-0.15, -0.1) is 11.3 Å². The first kappa shape index (κ1) is 22.4. The fourth-order valence-corrected chi connectivity index (χ4v) is 7.30. The predicted molar refractivity (Wildman–Crippen MR) is 153 cm³/mol. The Morgan fingerprint density at radius 3 is 2.65 bits per heavy atom. The van der Waals surface area contributed by atoms with Crippen LogP contribution >= 0.6 is 23.1 Å². The Morgan fingerprint density at radius 2 is 1.73 bits per heavy atom. The van der Waals surface area contributed by atoms with E-state index in [9.17, 15) is 4.79 Å². The molecular formula is C30H22N4OS2. The van der Waals surface area contributed by atoms with Gasteiger partial charge in [0.1, 0.15) is 16.2 Å². The number of rotatable bonds is 5. The molecule has 0 unspecified atom stereocenters. The van der Waals surface area contributed by atoms with Gasteiger partial charge in [-0.05, 0) is 41.8 Å². The lowest BCUT2D eigenvalue weighted by Gasteiger charge is -2.09. The molecule has 0 aliphatic heterocycles. The molecule has 3 aromatic carbocycles. The normalized spacial score (nSPS) is 12.9. The van der Waals surface area contributed by atoms with Gasteiger partial charge in [-0.1, -0.05) is 78.5 Å². The van der Waals surface area contributed by atoms with Gasteiger partial charge in [0.25, 0.3) is 0 Å². The van der Waals surface area contributed by atoms with E-state index in [4.69, 9.17) is 4.98 Å². The summed E-state index contributed by atoms with van der Waals surface area (Å²) in [5, 5.41) is 7.20. The van der Waals surface area contributed by atoms with Crippen molar-refractivity contribution in [3.63, 3.8) is 0 Å². The van der Waals surface area contributed by atoms with Gasteiger partial charge in [-0.2, -0.15) is 0 Å². The van der Waals surface area contributed by atoms with E-state index in [0.29, 0.717) is 0 Å². The van der Waals surface area contributed by atoms with Crippen LogP contribution in [0.25, 0.3) is 42.5 Å². The Morgan fingerprint density at radius 1 is 0.919 bits per heavy atom. The first-order valence-electron chi connectivity index (χ1n) is 12.3. The quantitative estimate of drug-likeness (QED) is 0.192. The van der Waals surface area contributed by atoms with Crippen molar-refractivity contribution in [1.82, 2.24) is 15.0 Å². The molecule has 7 rings (SSSR count). The lowest BCUT2D eigenvalue weighted by molar-refractivity contribution is -0.113. The molecule has 0 spiro atoms. The van der Waals surface area contributed by atoms with E-state index in [1.807, 2.05) is 48.5 Å². The molecular weight excluding hydrogens is 496 g/mol. The minimum absolute atomic E-state index is 0.0559. The number of nitrogens with zero attached hydrogens (tertiary/aromatic N) is 3. The highest BCUT2D eigenvalue weighted by Gasteiger charge is 2.25. The summed E-state index contributed by atoms with van der Waals surface area (Å²) in [6.07, 6.45) is 4.83. The van der Waals surface area contributed by atoms with E-state index in [0.717, 1.165) is 72.4 Å². The van der Waals surface area contributed by atoms with Gasteiger partial charge in [0, 0.05) is 22.0 Å². The van der Waals surface area contributed by atoms with Crippen molar-refractivity contribution in [2.24, 2.45) is 0 Å². The van der Waals surface area contributed by atoms with Crippen LogP contribution in [-0.2, 0) is 17.6 Å². The summed E-state index contributed by atoms with van der Waals surface area (Å²) in [6.45, 7) is 0. The van der Waals surface area contributed by atoms with Gasteiger partial charge in [-0.25, -0.2) is 15.0 Å². The zero-order valence-corrected chi connectivity index (χ0v) is 21.5. The number of thioether (sulfide) groups is 1. The van der Waals surface area contributed by atoms with E-state index in [1.165, 1.54) is 22.9 Å². The average molecular weight is 519 g/mol. The highest BCUT2D eigenvalue weighted by molar-refractivity contribution is 8.00. The van der Waals surface area contributed by atoms with Crippen LogP contribution in [0.3, 0.4) is 0 Å². The third-order valence-corrected chi connectivity index (χ3v) is 9.09. The van der Waals surface area contributed by atoms with Crippen molar-refractivity contribution in [1.29, 1.82) is 0 Å².